The minimum atomic E-state index is -0.444. The van der Waals surface area contributed by atoms with Crippen LogP contribution in [-0.2, 0) is 0 Å². The van der Waals surface area contributed by atoms with Gasteiger partial charge in [-0.25, -0.2) is 9.20 Å². The summed E-state index contributed by atoms with van der Waals surface area (Å²) in [5, 5.41) is 0.523. The summed E-state index contributed by atoms with van der Waals surface area (Å²) < 4.78 is 1.29. The molecular weight excluding hydrogens is 201 g/mol. The number of rotatable bonds is 0. The Labute approximate surface area is 76.8 Å². The normalized spacial score (nSPS) is 10.8. The van der Waals surface area contributed by atoms with Gasteiger partial charge in [0.05, 0.1) is 6.20 Å². The van der Waals surface area contributed by atoms with Gasteiger partial charge in [-0.1, -0.05) is 23.2 Å². The number of fused-ring (bicyclic) bond motifs is 1. The average Bonchev–Trinajstić information content (AvgIpc) is 2.29. The fourth-order valence-electron chi connectivity index (χ4n) is 0.952. The standard InChI is InChI=1S/C6H3Cl2N3O/c7-3-1-5-9-4(8)2-11(5)6(12)10-3/h1-2,9H. The molecule has 0 radical (unpaired) electrons. The predicted molar refractivity (Wildman–Crippen MR) is 45.8 cm³/mol. The molecule has 0 aliphatic rings. The molecule has 0 atom stereocenters. The number of aromatic amines is 1. The van der Waals surface area contributed by atoms with Crippen LogP contribution < -0.4 is 5.69 Å². The maximum Gasteiger partial charge on any atom is 0.354 e. The Bertz CT molecular complexity index is 487. The Morgan fingerprint density at radius 1 is 1.50 bits per heavy atom. The van der Waals surface area contributed by atoms with Crippen LogP contribution in [0, 0.1) is 0 Å². The first-order valence-electron chi connectivity index (χ1n) is 3.10. The van der Waals surface area contributed by atoms with E-state index in [1.807, 2.05) is 0 Å². The number of halogens is 2. The minimum absolute atomic E-state index is 0.151. The second-order valence-electron chi connectivity index (χ2n) is 2.22. The molecule has 2 aromatic rings. The predicted octanol–water partition coefficient (Wildman–Crippen LogP) is 1.33. The topological polar surface area (TPSA) is 50.2 Å². The highest BCUT2D eigenvalue weighted by Crippen LogP contribution is 2.09. The molecule has 1 N–H and O–H groups in total. The molecule has 4 nitrogen and oxygen atoms in total. The third-order valence-corrected chi connectivity index (χ3v) is 1.80. The molecule has 0 unspecified atom stereocenters. The number of aromatic nitrogens is 3. The Hall–Kier alpha value is -1.00. The average molecular weight is 204 g/mol. The van der Waals surface area contributed by atoms with Crippen molar-refractivity contribution in [1.29, 1.82) is 0 Å². The van der Waals surface area contributed by atoms with E-state index in [0.717, 1.165) is 0 Å². The molecule has 2 rings (SSSR count). The van der Waals surface area contributed by atoms with Gasteiger partial charge in [0.1, 0.15) is 16.0 Å². The van der Waals surface area contributed by atoms with Gasteiger partial charge < -0.3 is 4.98 Å². The van der Waals surface area contributed by atoms with Crippen molar-refractivity contribution in [2.45, 2.75) is 0 Å². The van der Waals surface area contributed by atoms with Crippen LogP contribution in [0.2, 0.25) is 10.3 Å². The lowest BCUT2D eigenvalue weighted by atomic mass is 10.6. The summed E-state index contributed by atoms with van der Waals surface area (Å²) in [6.45, 7) is 0. The van der Waals surface area contributed by atoms with Gasteiger partial charge in [0.25, 0.3) is 0 Å². The summed E-state index contributed by atoms with van der Waals surface area (Å²) in [6, 6.07) is 1.52. The first kappa shape index (κ1) is 7.64. The van der Waals surface area contributed by atoms with Gasteiger partial charge in [-0.15, -0.1) is 0 Å². The molecule has 6 heteroatoms. The number of nitrogens with one attached hydrogen (secondary N) is 1. The second-order valence-corrected chi connectivity index (χ2v) is 3.01. The molecule has 0 saturated carbocycles. The first-order chi connectivity index (χ1) is 5.66. The van der Waals surface area contributed by atoms with Crippen molar-refractivity contribution in [3.8, 4) is 0 Å². The van der Waals surface area contributed by atoms with E-state index in [0.29, 0.717) is 10.8 Å². The quantitative estimate of drug-likeness (QED) is 0.658. The zero-order valence-electron chi connectivity index (χ0n) is 5.71. The lowest BCUT2D eigenvalue weighted by molar-refractivity contribution is 1.00. The molecular formula is C6H3Cl2N3O. The summed E-state index contributed by atoms with van der Waals surface area (Å²) in [7, 11) is 0. The number of hydrogen-bond acceptors (Lipinski definition) is 2. The van der Waals surface area contributed by atoms with Gasteiger partial charge in [-0.2, -0.15) is 4.98 Å². The Balaban J connectivity index is 2.98. The highest BCUT2D eigenvalue weighted by Gasteiger charge is 2.02. The molecule has 2 aromatic heterocycles. The van der Waals surface area contributed by atoms with Crippen LogP contribution in [0.25, 0.3) is 5.65 Å². The van der Waals surface area contributed by atoms with E-state index in [9.17, 15) is 4.79 Å². The molecule has 12 heavy (non-hydrogen) atoms. The fourth-order valence-corrected chi connectivity index (χ4v) is 1.32. The smallest absolute Gasteiger partial charge is 0.331 e. The van der Waals surface area contributed by atoms with Crippen molar-refractivity contribution in [2.24, 2.45) is 0 Å². The SMILES string of the molecule is O=c1nc(Cl)cc2[nH]c(Cl)cn12. The van der Waals surface area contributed by atoms with Crippen molar-refractivity contribution in [1.82, 2.24) is 14.4 Å². The molecule has 0 bridgehead atoms. The van der Waals surface area contributed by atoms with Crippen LogP contribution in [0.4, 0.5) is 0 Å². The van der Waals surface area contributed by atoms with Gasteiger partial charge in [-0.3, -0.25) is 0 Å². The number of imidazole rings is 1. The van der Waals surface area contributed by atoms with Crippen molar-refractivity contribution < 1.29 is 0 Å². The summed E-state index contributed by atoms with van der Waals surface area (Å²) in [5.41, 5.74) is 0.0886. The highest BCUT2D eigenvalue weighted by atomic mass is 35.5. The van der Waals surface area contributed by atoms with Gasteiger partial charge in [0.15, 0.2) is 0 Å². The maximum atomic E-state index is 11.1. The van der Waals surface area contributed by atoms with E-state index in [1.54, 1.807) is 0 Å². The van der Waals surface area contributed by atoms with Crippen molar-refractivity contribution in [3.63, 3.8) is 0 Å². The monoisotopic (exact) mass is 203 g/mol. The maximum absolute atomic E-state index is 11.1. The number of hydrogen-bond donors (Lipinski definition) is 1. The van der Waals surface area contributed by atoms with Gasteiger partial charge >= 0.3 is 5.69 Å². The lowest BCUT2D eigenvalue weighted by Crippen LogP contribution is -2.14. The Morgan fingerprint density at radius 2 is 2.25 bits per heavy atom. The third-order valence-electron chi connectivity index (χ3n) is 1.41. The van der Waals surface area contributed by atoms with Crippen LogP contribution in [0.15, 0.2) is 17.1 Å². The zero-order valence-corrected chi connectivity index (χ0v) is 7.23. The molecule has 0 aromatic carbocycles. The molecule has 0 aliphatic carbocycles. The summed E-state index contributed by atoms with van der Waals surface area (Å²) in [6.07, 6.45) is 1.45. The molecule has 2 heterocycles. The minimum Gasteiger partial charge on any atom is -0.331 e. The van der Waals surface area contributed by atoms with Crippen molar-refractivity contribution in [3.05, 3.63) is 33.1 Å². The lowest BCUT2D eigenvalue weighted by Gasteiger charge is -1.89. The van der Waals surface area contributed by atoms with E-state index in [1.165, 1.54) is 16.7 Å². The fraction of sp³-hybridized carbons (Fsp3) is 0. The highest BCUT2D eigenvalue weighted by molar-refractivity contribution is 6.30. The van der Waals surface area contributed by atoms with E-state index in [4.69, 9.17) is 23.2 Å². The Kier molecular flexibility index (Phi) is 1.59. The summed E-state index contributed by atoms with van der Waals surface area (Å²) >= 11 is 11.2. The van der Waals surface area contributed by atoms with Crippen LogP contribution in [0.1, 0.15) is 0 Å². The first-order valence-corrected chi connectivity index (χ1v) is 3.86. The van der Waals surface area contributed by atoms with Crippen LogP contribution in [0.3, 0.4) is 0 Å². The molecule has 0 aliphatic heterocycles. The van der Waals surface area contributed by atoms with E-state index < -0.39 is 5.69 Å². The van der Waals surface area contributed by atoms with Gasteiger partial charge in [-0.05, 0) is 0 Å². The van der Waals surface area contributed by atoms with E-state index in [2.05, 4.69) is 9.97 Å². The summed E-state index contributed by atoms with van der Waals surface area (Å²) in [4.78, 5) is 17.4. The number of H-pyrrole nitrogens is 1. The molecule has 0 amide bonds. The largest absolute Gasteiger partial charge is 0.354 e. The third kappa shape index (κ3) is 1.09. The van der Waals surface area contributed by atoms with Crippen LogP contribution >= 0.6 is 23.2 Å². The van der Waals surface area contributed by atoms with Crippen molar-refractivity contribution in [2.75, 3.05) is 0 Å². The summed E-state index contributed by atoms with van der Waals surface area (Å²) in [5.74, 6) is 0. The number of nitrogens with zero attached hydrogens (tertiary/aromatic N) is 2. The van der Waals surface area contributed by atoms with E-state index >= 15 is 0 Å². The van der Waals surface area contributed by atoms with Crippen LogP contribution in [-0.4, -0.2) is 14.4 Å². The zero-order chi connectivity index (χ0) is 8.72. The molecule has 0 fully saturated rings. The Morgan fingerprint density at radius 3 is 3.00 bits per heavy atom. The van der Waals surface area contributed by atoms with Gasteiger partial charge in [0, 0.05) is 6.07 Å². The van der Waals surface area contributed by atoms with Gasteiger partial charge in [0.2, 0.25) is 0 Å². The van der Waals surface area contributed by atoms with E-state index in [-0.39, 0.29) is 5.15 Å². The molecule has 0 saturated heterocycles. The molecule has 0 spiro atoms. The second kappa shape index (κ2) is 2.50. The molecule has 62 valence electrons. The van der Waals surface area contributed by atoms with Crippen molar-refractivity contribution >= 4 is 28.8 Å². The van der Waals surface area contributed by atoms with Crippen LogP contribution in [0.5, 0.6) is 0 Å².